The van der Waals surface area contributed by atoms with Crippen molar-refractivity contribution in [1.82, 2.24) is 20.2 Å². The van der Waals surface area contributed by atoms with E-state index in [-0.39, 0.29) is 0 Å². The third-order valence-electron chi connectivity index (χ3n) is 3.26. The molecule has 0 aliphatic carbocycles. The molecule has 1 aromatic heterocycles. The van der Waals surface area contributed by atoms with Crippen molar-refractivity contribution in [3.05, 3.63) is 54.1 Å². The summed E-state index contributed by atoms with van der Waals surface area (Å²) in [4.78, 5) is 0. The number of aryl methyl sites for hydroxylation is 1. The number of para-hydroxylation sites is 1. The van der Waals surface area contributed by atoms with Gasteiger partial charge in [-0.15, -0.1) is 5.10 Å². The van der Waals surface area contributed by atoms with E-state index in [0.29, 0.717) is 11.5 Å². The van der Waals surface area contributed by atoms with Gasteiger partial charge in [-0.25, -0.2) is 0 Å². The Kier molecular flexibility index (Phi) is 3.16. The summed E-state index contributed by atoms with van der Waals surface area (Å²) in [6, 6.07) is 15.8. The predicted octanol–water partition coefficient (Wildman–Crippen LogP) is 2.47. The Bertz CT molecular complexity index is 715. The second kappa shape index (κ2) is 5.13. The first kappa shape index (κ1) is 12.3. The maximum Gasteiger partial charge on any atom is 0.189 e. The van der Waals surface area contributed by atoms with Crippen molar-refractivity contribution < 1.29 is 0 Å². The van der Waals surface area contributed by atoms with Crippen LogP contribution in [0.4, 0.5) is 5.69 Å². The van der Waals surface area contributed by atoms with Gasteiger partial charge in [-0.2, -0.15) is 4.68 Å². The number of rotatable bonds is 3. The summed E-state index contributed by atoms with van der Waals surface area (Å²) in [6.07, 6.45) is 1.01. The summed E-state index contributed by atoms with van der Waals surface area (Å²) in [5.74, 6) is 0.646. The summed E-state index contributed by atoms with van der Waals surface area (Å²) in [7, 11) is 0. The fraction of sp³-hybridized carbons (Fsp3) is 0.133. The molecule has 3 aromatic rings. The Morgan fingerprint density at radius 2 is 1.80 bits per heavy atom. The Morgan fingerprint density at radius 3 is 2.50 bits per heavy atom. The number of hydrogen-bond donors (Lipinski definition) is 1. The lowest BCUT2D eigenvalue weighted by atomic mass is 10.1. The van der Waals surface area contributed by atoms with E-state index in [4.69, 9.17) is 5.73 Å². The third-order valence-corrected chi connectivity index (χ3v) is 3.26. The molecule has 0 radical (unpaired) electrons. The van der Waals surface area contributed by atoms with E-state index >= 15 is 0 Å². The second-order valence-corrected chi connectivity index (χ2v) is 4.52. The van der Waals surface area contributed by atoms with E-state index in [9.17, 15) is 0 Å². The number of nitrogens with two attached hydrogens (primary N) is 1. The number of aromatic nitrogens is 4. The molecule has 2 N–H and O–H groups in total. The van der Waals surface area contributed by atoms with Crippen LogP contribution in [0.5, 0.6) is 0 Å². The first-order valence-electron chi connectivity index (χ1n) is 6.52. The number of nitrogen functional groups attached to an aromatic ring is 1. The lowest BCUT2D eigenvalue weighted by molar-refractivity contribution is 0.791. The molecule has 0 aliphatic heterocycles. The van der Waals surface area contributed by atoms with Crippen molar-refractivity contribution in [2.24, 2.45) is 0 Å². The minimum Gasteiger partial charge on any atom is -0.398 e. The lowest BCUT2D eigenvalue weighted by Crippen LogP contribution is -2.01. The molecule has 0 saturated heterocycles. The standard InChI is InChI=1S/C15H15N5/c1-2-11-7-9-12(10-8-11)20-15(17-18-19-20)13-5-3-4-6-14(13)16/h3-10H,2,16H2,1H3. The van der Waals surface area contributed by atoms with Crippen LogP contribution in [0.3, 0.4) is 0 Å². The zero-order chi connectivity index (χ0) is 13.9. The molecule has 0 spiro atoms. The van der Waals surface area contributed by atoms with Gasteiger partial charge in [0.25, 0.3) is 0 Å². The molecule has 20 heavy (non-hydrogen) atoms. The third kappa shape index (κ3) is 2.14. The van der Waals surface area contributed by atoms with Crippen molar-refractivity contribution >= 4 is 5.69 Å². The molecule has 0 amide bonds. The highest BCUT2D eigenvalue weighted by Crippen LogP contribution is 2.24. The molecule has 0 atom stereocenters. The van der Waals surface area contributed by atoms with E-state index in [0.717, 1.165) is 17.7 Å². The van der Waals surface area contributed by atoms with E-state index in [1.54, 1.807) is 4.68 Å². The average Bonchev–Trinajstić information content (AvgIpc) is 2.97. The molecule has 5 nitrogen and oxygen atoms in total. The maximum absolute atomic E-state index is 6.00. The summed E-state index contributed by atoms with van der Waals surface area (Å²) in [5.41, 5.74) is 9.69. The fourth-order valence-electron chi connectivity index (χ4n) is 2.10. The van der Waals surface area contributed by atoms with Crippen molar-refractivity contribution in [3.63, 3.8) is 0 Å². The lowest BCUT2D eigenvalue weighted by Gasteiger charge is -2.07. The molecule has 0 bridgehead atoms. The van der Waals surface area contributed by atoms with E-state index in [1.807, 2.05) is 36.4 Å². The molecule has 1 heterocycles. The summed E-state index contributed by atoms with van der Waals surface area (Å²) in [5, 5.41) is 11.9. The van der Waals surface area contributed by atoms with Crippen LogP contribution in [0.15, 0.2) is 48.5 Å². The Labute approximate surface area is 117 Å². The molecule has 2 aromatic carbocycles. The van der Waals surface area contributed by atoms with Gasteiger partial charge in [0, 0.05) is 11.3 Å². The maximum atomic E-state index is 6.00. The van der Waals surface area contributed by atoms with Gasteiger partial charge in [0.1, 0.15) is 0 Å². The van der Waals surface area contributed by atoms with Gasteiger partial charge in [-0.3, -0.25) is 0 Å². The minimum absolute atomic E-state index is 0.646. The molecular formula is C15H15N5. The van der Waals surface area contributed by atoms with Crippen LogP contribution in [0, 0.1) is 0 Å². The molecule has 5 heteroatoms. The van der Waals surface area contributed by atoms with Crippen molar-refractivity contribution in [1.29, 1.82) is 0 Å². The Morgan fingerprint density at radius 1 is 1.05 bits per heavy atom. The largest absolute Gasteiger partial charge is 0.398 e. The molecule has 0 saturated carbocycles. The van der Waals surface area contributed by atoms with Gasteiger partial charge in [-0.1, -0.05) is 31.2 Å². The highest BCUT2D eigenvalue weighted by molar-refractivity contribution is 5.72. The van der Waals surface area contributed by atoms with Crippen molar-refractivity contribution in [3.8, 4) is 17.1 Å². The van der Waals surface area contributed by atoms with Gasteiger partial charge >= 0.3 is 0 Å². The van der Waals surface area contributed by atoms with E-state index in [2.05, 4.69) is 34.6 Å². The van der Waals surface area contributed by atoms with Crippen LogP contribution in [-0.2, 0) is 6.42 Å². The average molecular weight is 265 g/mol. The number of hydrogen-bond acceptors (Lipinski definition) is 4. The molecule has 0 aliphatic rings. The van der Waals surface area contributed by atoms with Gasteiger partial charge in [-0.05, 0) is 46.7 Å². The van der Waals surface area contributed by atoms with Gasteiger partial charge in [0.2, 0.25) is 0 Å². The van der Waals surface area contributed by atoms with E-state index in [1.165, 1.54) is 5.56 Å². The van der Waals surface area contributed by atoms with Crippen molar-refractivity contribution in [2.75, 3.05) is 5.73 Å². The molecule has 0 fully saturated rings. The number of tetrazole rings is 1. The van der Waals surface area contributed by atoms with Crippen LogP contribution < -0.4 is 5.73 Å². The SMILES string of the molecule is CCc1ccc(-n2nnnc2-c2ccccc2N)cc1. The molecule has 3 rings (SSSR count). The van der Waals surface area contributed by atoms with Crippen LogP contribution in [-0.4, -0.2) is 20.2 Å². The zero-order valence-electron chi connectivity index (χ0n) is 11.2. The van der Waals surface area contributed by atoms with Crippen molar-refractivity contribution in [2.45, 2.75) is 13.3 Å². The van der Waals surface area contributed by atoms with Crippen LogP contribution in [0.1, 0.15) is 12.5 Å². The molecule has 100 valence electrons. The highest BCUT2D eigenvalue weighted by Gasteiger charge is 2.12. The normalized spacial score (nSPS) is 10.7. The first-order chi connectivity index (χ1) is 9.79. The Hall–Kier alpha value is -2.69. The monoisotopic (exact) mass is 265 g/mol. The Balaban J connectivity index is 2.08. The molecule has 0 unspecified atom stereocenters. The summed E-state index contributed by atoms with van der Waals surface area (Å²) in [6.45, 7) is 2.13. The topological polar surface area (TPSA) is 69.6 Å². The summed E-state index contributed by atoms with van der Waals surface area (Å²) >= 11 is 0. The summed E-state index contributed by atoms with van der Waals surface area (Å²) < 4.78 is 1.70. The van der Waals surface area contributed by atoms with Crippen LogP contribution >= 0.6 is 0 Å². The van der Waals surface area contributed by atoms with Crippen LogP contribution in [0.25, 0.3) is 17.1 Å². The van der Waals surface area contributed by atoms with Gasteiger partial charge in [0.05, 0.1) is 5.69 Å². The van der Waals surface area contributed by atoms with Crippen LogP contribution in [0.2, 0.25) is 0 Å². The van der Waals surface area contributed by atoms with Gasteiger partial charge in [0.15, 0.2) is 5.82 Å². The zero-order valence-corrected chi connectivity index (χ0v) is 11.2. The first-order valence-corrected chi connectivity index (χ1v) is 6.52. The highest BCUT2D eigenvalue weighted by atomic mass is 15.5. The number of nitrogens with zero attached hydrogens (tertiary/aromatic N) is 4. The smallest absolute Gasteiger partial charge is 0.189 e. The minimum atomic E-state index is 0.646. The molecular weight excluding hydrogens is 250 g/mol. The number of anilines is 1. The predicted molar refractivity (Wildman–Crippen MR) is 78.4 cm³/mol. The number of benzene rings is 2. The van der Waals surface area contributed by atoms with E-state index < -0.39 is 0 Å². The second-order valence-electron chi connectivity index (χ2n) is 4.52. The van der Waals surface area contributed by atoms with Gasteiger partial charge < -0.3 is 5.73 Å². The quantitative estimate of drug-likeness (QED) is 0.739. The fourth-order valence-corrected chi connectivity index (χ4v) is 2.10.